The molecule has 17 heavy (non-hydrogen) atoms. The van der Waals surface area contributed by atoms with Crippen LogP contribution in [0.2, 0.25) is 0 Å². The van der Waals surface area contributed by atoms with Crippen molar-refractivity contribution in [1.82, 2.24) is 5.32 Å². The molecule has 1 aliphatic heterocycles. The lowest BCUT2D eigenvalue weighted by Gasteiger charge is -2.32. The van der Waals surface area contributed by atoms with Crippen LogP contribution in [0.4, 0.5) is 0 Å². The van der Waals surface area contributed by atoms with Crippen molar-refractivity contribution in [2.45, 2.75) is 38.8 Å². The van der Waals surface area contributed by atoms with Crippen molar-refractivity contribution >= 4 is 0 Å². The van der Waals surface area contributed by atoms with E-state index in [2.05, 4.69) is 19.2 Å². The Morgan fingerprint density at radius 1 is 1.24 bits per heavy atom. The van der Waals surface area contributed by atoms with Gasteiger partial charge in [-0.3, -0.25) is 0 Å². The van der Waals surface area contributed by atoms with Crippen LogP contribution in [0.25, 0.3) is 0 Å². The Hall–Kier alpha value is -1.22. The smallest absolute Gasteiger partial charge is 0.124 e. The zero-order chi connectivity index (χ0) is 12.4. The third-order valence-corrected chi connectivity index (χ3v) is 3.58. The SMILES string of the molecule is CCC1Cc2c(OC)ccc(OC)c2C(C)N1. The van der Waals surface area contributed by atoms with Gasteiger partial charge in [0.25, 0.3) is 0 Å². The third-order valence-electron chi connectivity index (χ3n) is 3.58. The molecule has 1 heterocycles. The Balaban J connectivity index is 2.51. The van der Waals surface area contributed by atoms with Crippen molar-refractivity contribution in [1.29, 1.82) is 0 Å². The summed E-state index contributed by atoms with van der Waals surface area (Å²) >= 11 is 0. The van der Waals surface area contributed by atoms with E-state index in [9.17, 15) is 0 Å². The molecule has 0 aromatic heterocycles. The molecule has 1 aromatic carbocycles. The zero-order valence-corrected chi connectivity index (χ0v) is 11.0. The highest BCUT2D eigenvalue weighted by Crippen LogP contribution is 2.38. The monoisotopic (exact) mass is 235 g/mol. The van der Waals surface area contributed by atoms with Gasteiger partial charge in [-0.2, -0.15) is 0 Å². The number of benzene rings is 1. The minimum absolute atomic E-state index is 0.314. The predicted octanol–water partition coefficient (Wildman–Crippen LogP) is 2.69. The van der Waals surface area contributed by atoms with Gasteiger partial charge in [-0.25, -0.2) is 0 Å². The van der Waals surface area contributed by atoms with E-state index in [1.165, 1.54) is 11.1 Å². The average Bonchev–Trinajstić information content (AvgIpc) is 2.37. The number of ether oxygens (including phenoxy) is 2. The molecule has 94 valence electrons. The molecule has 1 aromatic rings. The molecule has 0 amide bonds. The van der Waals surface area contributed by atoms with Crippen molar-refractivity contribution in [3.63, 3.8) is 0 Å². The normalized spacial score (nSPS) is 23.1. The van der Waals surface area contributed by atoms with Crippen LogP contribution < -0.4 is 14.8 Å². The quantitative estimate of drug-likeness (QED) is 0.873. The molecule has 0 aliphatic carbocycles. The van der Waals surface area contributed by atoms with Crippen molar-refractivity contribution in [3.05, 3.63) is 23.3 Å². The molecule has 3 nitrogen and oxygen atoms in total. The van der Waals surface area contributed by atoms with Crippen LogP contribution in [-0.4, -0.2) is 20.3 Å². The van der Waals surface area contributed by atoms with Gasteiger partial charge in [0.1, 0.15) is 11.5 Å². The lowest BCUT2D eigenvalue weighted by atomic mass is 9.88. The summed E-state index contributed by atoms with van der Waals surface area (Å²) in [4.78, 5) is 0. The van der Waals surface area contributed by atoms with Gasteiger partial charge in [0.15, 0.2) is 0 Å². The summed E-state index contributed by atoms with van der Waals surface area (Å²) in [6.07, 6.45) is 2.14. The van der Waals surface area contributed by atoms with Gasteiger partial charge in [0.2, 0.25) is 0 Å². The molecular weight excluding hydrogens is 214 g/mol. The summed E-state index contributed by atoms with van der Waals surface area (Å²) in [5.41, 5.74) is 2.54. The van der Waals surface area contributed by atoms with Crippen molar-refractivity contribution in [2.75, 3.05) is 14.2 Å². The summed E-state index contributed by atoms with van der Waals surface area (Å²) in [5.74, 6) is 1.93. The fourth-order valence-corrected chi connectivity index (χ4v) is 2.68. The van der Waals surface area contributed by atoms with Crippen molar-refractivity contribution < 1.29 is 9.47 Å². The Morgan fingerprint density at radius 2 is 1.88 bits per heavy atom. The number of hydrogen-bond donors (Lipinski definition) is 1. The largest absolute Gasteiger partial charge is 0.496 e. The Kier molecular flexibility index (Phi) is 3.57. The van der Waals surface area contributed by atoms with E-state index in [1.54, 1.807) is 14.2 Å². The summed E-state index contributed by atoms with van der Waals surface area (Å²) < 4.78 is 10.9. The van der Waals surface area contributed by atoms with Gasteiger partial charge >= 0.3 is 0 Å². The molecule has 2 atom stereocenters. The Morgan fingerprint density at radius 3 is 2.47 bits per heavy atom. The molecule has 0 bridgehead atoms. The first-order valence-electron chi connectivity index (χ1n) is 6.21. The van der Waals surface area contributed by atoms with Gasteiger partial charge in [-0.15, -0.1) is 0 Å². The van der Waals surface area contributed by atoms with Crippen LogP contribution in [-0.2, 0) is 6.42 Å². The van der Waals surface area contributed by atoms with E-state index < -0.39 is 0 Å². The van der Waals surface area contributed by atoms with Crippen LogP contribution in [0.5, 0.6) is 11.5 Å². The highest BCUT2D eigenvalue weighted by Gasteiger charge is 2.27. The second-order valence-corrected chi connectivity index (χ2v) is 4.56. The molecule has 0 spiro atoms. The predicted molar refractivity (Wildman–Crippen MR) is 68.9 cm³/mol. The minimum Gasteiger partial charge on any atom is -0.496 e. The molecule has 1 aliphatic rings. The number of nitrogens with one attached hydrogen (secondary N) is 1. The molecule has 0 saturated heterocycles. The molecule has 1 N–H and O–H groups in total. The highest BCUT2D eigenvalue weighted by atomic mass is 16.5. The third kappa shape index (κ3) is 2.12. The first-order valence-corrected chi connectivity index (χ1v) is 6.21. The second-order valence-electron chi connectivity index (χ2n) is 4.56. The number of rotatable bonds is 3. The maximum Gasteiger partial charge on any atom is 0.124 e. The van der Waals surface area contributed by atoms with Gasteiger partial charge in [-0.05, 0) is 31.9 Å². The van der Waals surface area contributed by atoms with Crippen LogP contribution >= 0.6 is 0 Å². The van der Waals surface area contributed by atoms with Crippen LogP contribution in [0.15, 0.2) is 12.1 Å². The van der Waals surface area contributed by atoms with Crippen molar-refractivity contribution in [3.8, 4) is 11.5 Å². The molecule has 2 unspecified atom stereocenters. The molecule has 0 fully saturated rings. The van der Waals surface area contributed by atoms with E-state index >= 15 is 0 Å². The van der Waals surface area contributed by atoms with Crippen LogP contribution in [0.3, 0.4) is 0 Å². The molecular formula is C14H21NO2. The van der Waals surface area contributed by atoms with Gasteiger partial charge < -0.3 is 14.8 Å². The first-order chi connectivity index (χ1) is 8.21. The summed E-state index contributed by atoms with van der Waals surface area (Å²) in [7, 11) is 3.45. The van der Waals surface area contributed by atoms with Gasteiger partial charge in [0, 0.05) is 23.2 Å². The molecule has 0 radical (unpaired) electrons. The Bertz CT molecular complexity index is 403. The van der Waals surface area contributed by atoms with Crippen molar-refractivity contribution in [2.24, 2.45) is 0 Å². The fraction of sp³-hybridized carbons (Fsp3) is 0.571. The fourth-order valence-electron chi connectivity index (χ4n) is 2.68. The molecule has 0 saturated carbocycles. The summed E-state index contributed by atoms with van der Waals surface area (Å²) in [6, 6.07) is 4.83. The van der Waals surface area contributed by atoms with E-state index in [4.69, 9.17) is 9.47 Å². The van der Waals surface area contributed by atoms with Gasteiger partial charge in [-0.1, -0.05) is 6.92 Å². The number of methoxy groups -OCH3 is 2. The molecule has 3 heteroatoms. The maximum atomic E-state index is 5.47. The standard InChI is InChI=1S/C14H21NO2/c1-5-10-8-11-12(16-3)6-7-13(17-4)14(11)9(2)15-10/h6-7,9-10,15H,5,8H2,1-4H3. The number of hydrogen-bond acceptors (Lipinski definition) is 3. The van der Waals surface area contributed by atoms with E-state index in [0.29, 0.717) is 12.1 Å². The molecule has 2 rings (SSSR count). The highest BCUT2D eigenvalue weighted by molar-refractivity contribution is 5.51. The van der Waals surface area contributed by atoms with Crippen LogP contribution in [0, 0.1) is 0 Å². The van der Waals surface area contributed by atoms with E-state index in [1.807, 2.05) is 12.1 Å². The summed E-state index contributed by atoms with van der Waals surface area (Å²) in [5, 5.41) is 3.61. The van der Waals surface area contributed by atoms with Crippen LogP contribution in [0.1, 0.15) is 37.4 Å². The zero-order valence-electron chi connectivity index (χ0n) is 11.0. The topological polar surface area (TPSA) is 30.5 Å². The second kappa shape index (κ2) is 4.96. The van der Waals surface area contributed by atoms with Gasteiger partial charge in [0.05, 0.1) is 14.2 Å². The lowest BCUT2D eigenvalue weighted by Crippen LogP contribution is -2.38. The van der Waals surface area contributed by atoms with E-state index in [-0.39, 0.29) is 0 Å². The minimum atomic E-state index is 0.314. The maximum absolute atomic E-state index is 5.47. The average molecular weight is 235 g/mol. The lowest BCUT2D eigenvalue weighted by molar-refractivity contribution is 0.354. The summed E-state index contributed by atoms with van der Waals surface area (Å²) in [6.45, 7) is 4.39. The first kappa shape index (κ1) is 12.2. The Labute approximate surface area is 103 Å². The number of fused-ring (bicyclic) bond motifs is 1. The van der Waals surface area contributed by atoms with E-state index in [0.717, 1.165) is 24.3 Å².